The molecule has 0 aliphatic carbocycles. The number of nitrogens with two attached hydrogens (primary N) is 1. The topological polar surface area (TPSA) is 91.3 Å². The maximum absolute atomic E-state index is 14.9. The predicted octanol–water partition coefficient (Wildman–Crippen LogP) is 7.79. The summed E-state index contributed by atoms with van der Waals surface area (Å²) in [5.41, 5.74) is 8.80. The number of nitriles is 1. The zero-order valence-corrected chi connectivity index (χ0v) is 26.5. The van der Waals surface area contributed by atoms with Crippen LogP contribution in [0.4, 0.5) is 19.6 Å². The highest BCUT2D eigenvalue weighted by atomic mass is 35.5. The predicted molar refractivity (Wildman–Crippen MR) is 173 cm³/mol. The fourth-order valence-corrected chi connectivity index (χ4v) is 9.01. The minimum Gasteiger partial charge on any atom is -0.461 e. The summed E-state index contributed by atoms with van der Waals surface area (Å²) in [4.78, 5) is 14.5. The first-order valence-corrected chi connectivity index (χ1v) is 16.6. The minimum atomic E-state index is -0.853. The van der Waals surface area contributed by atoms with Gasteiger partial charge in [-0.1, -0.05) is 30.5 Å². The van der Waals surface area contributed by atoms with Crippen LogP contribution < -0.4 is 15.4 Å². The Hall–Kier alpha value is -3.26. The molecular weight excluding hydrogens is 602 g/mol. The average molecular weight is 637 g/mol. The van der Waals surface area contributed by atoms with E-state index in [1.807, 2.05) is 13.0 Å². The van der Waals surface area contributed by atoms with Crippen LogP contribution in [0, 0.1) is 24.1 Å². The van der Waals surface area contributed by atoms with Crippen LogP contribution in [0.3, 0.4) is 0 Å². The number of anilines is 2. The van der Waals surface area contributed by atoms with Gasteiger partial charge in [0.05, 0.1) is 21.3 Å². The average Bonchev–Trinajstić information content (AvgIpc) is 3.58. The Bertz CT molecular complexity index is 1820. The molecular formula is C33H35ClF2N6OS. The van der Waals surface area contributed by atoms with Gasteiger partial charge in [-0.3, -0.25) is 4.90 Å². The summed E-state index contributed by atoms with van der Waals surface area (Å²) < 4.78 is 36.1. The molecule has 7 nitrogen and oxygen atoms in total. The minimum absolute atomic E-state index is 0.240. The molecule has 11 heteroatoms. The van der Waals surface area contributed by atoms with Crippen molar-refractivity contribution in [3.63, 3.8) is 0 Å². The molecule has 3 atom stereocenters. The molecule has 7 rings (SSSR count). The normalized spacial score (nSPS) is 24.1. The Morgan fingerprint density at radius 2 is 2.07 bits per heavy atom. The van der Waals surface area contributed by atoms with E-state index in [1.165, 1.54) is 6.07 Å². The molecule has 3 aliphatic rings. The van der Waals surface area contributed by atoms with E-state index >= 15 is 0 Å². The highest BCUT2D eigenvalue weighted by Crippen LogP contribution is 2.46. The van der Waals surface area contributed by atoms with Gasteiger partial charge in [0.15, 0.2) is 0 Å². The molecule has 2 aromatic heterocycles. The Morgan fingerprint density at radius 1 is 1.23 bits per heavy atom. The molecule has 0 spiro atoms. The second kappa shape index (κ2) is 11.3. The summed E-state index contributed by atoms with van der Waals surface area (Å²) in [6, 6.07) is 7.60. The molecule has 3 saturated heterocycles. The molecule has 3 fully saturated rings. The molecule has 44 heavy (non-hydrogen) atoms. The third-order valence-corrected chi connectivity index (χ3v) is 11.2. The van der Waals surface area contributed by atoms with Crippen LogP contribution in [0.25, 0.3) is 32.1 Å². The number of fused-ring (bicyclic) bond motifs is 3. The van der Waals surface area contributed by atoms with Gasteiger partial charge in [-0.25, -0.2) is 8.78 Å². The first-order valence-electron chi connectivity index (χ1n) is 15.4. The van der Waals surface area contributed by atoms with E-state index in [2.05, 4.69) is 22.8 Å². The maximum atomic E-state index is 14.9. The lowest BCUT2D eigenvalue weighted by Crippen LogP contribution is -2.43. The monoisotopic (exact) mass is 636 g/mol. The Balaban J connectivity index is 1.41. The highest BCUT2D eigenvalue weighted by Gasteiger charge is 2.49. The van der Waals surface area contributed by atoms with Crippen LogP contribution in [0.5, 0.6) is 6.01 Å². The molecule has 0 radical (unpaired) electrons. The number of aryl methyl sites for hydroxylation is 1. The van der Waals surface area contributed by atoms with E-state index in [-0.39, 0.29) is 28.2 Å². The SMILES string of the molecule is Cc1c(-c2ccc(F)c3sc(N)c(C#N)c23)c(Cl)cc2c(N3CCCCC[C@@H]3C)nc(OC[C@@]34CCCN3C[C@H](F)C4)nc12. The molecule has 0 unspecified atom stereocenters. The maximum Gasteiger partial charge on any atom is 0.319 e. The number of benzene rings is 2. The van der Waals surface area contributed by atoms with Crippen LogP contribution in [0.1, 0.15) is 63.0 Å². The van der Waals surface area contributed by atoms with Gasteiger partial charge in [0.1, 0.15) is 35.5 Å². The van der Waals surface area contributed by atoms with Gasteiger partial charge in [-0.2, -0.15) is 15.2 Å². The van der Waals surface area contributed by atoms with E-state index in [4.69, 9.17) is 32.0 Å². The molecule has 2 N–H and O–H groups in total. The third kappa shape index (κ3) is 4.75. The van der Waals surface area contributed by atoms with Crippen molar-refractivity contribution in [3.8, 4) is 23.2 Å². The zero-order valence-electron chi connectivity index (χ0n) is 24.9. The van der Waals surface area contributed by atoms with E-state index in [9.17, 15) is 14.0 Å². The van der Waals surface area contributed by atoms with Crippen molar-refractivity contribution in [2.75, 3.05) is 36.9 Å². The molecule has 4 aromatic rings. The number of hydrogen-bond donors (Lipinski definition) is 1. The summed E-state index contributed by atoms with van der Waals surface area (Å²) in [5, 5.41) is 11.9. The number of nitrogens with zero attached hydrogens (tertiary/aromatic N) is 5. The lowest BCUT2D eigenvalue weighted by Gasteiger charge is -2.32. The van der Waals surface area contributed by atoms with E-state index in [0.717, 1.165) is 79.7 Å². The van der Waals surface area contributed by atoms with Crippen molar-refractivity contribution in [1.29, 1.82) is 5.26 Å². The summed E-state index contributed by atoms with van der Waals surface area (Å²) in [6.45, 7) is 6.66. The number of aromatic nitrogens is 2. The molecule has 230 valence electrons. The molecule has 5 heterocycles. The van der Waals surface area contributed by atoms with Gasteiger partial charge in [-0.15, -0.1) is 11.3 Å². The summed E-state index contributed by atoms with van der Waals surface area (Å²) in [7, 11) is 0. The van der Waals surface area contributed by atoms with Gasteiger partial charge in [0, 0.05) is 46.9 Å². The molecule has 0 saturated carbocycles. The van der Waals surface area contributed by atoms with Gasteiger partial charge >= 0.3 is 6.01 Å². The van der Waals surface area contributed by atoms with Crippen molar-refractivity contribution >= 4 is 54.7 Å². The van der Waals surface area contributed by atoms with Crippen molar-refractivity contribution in [3.05, 3.63) is 40.2 Å². The van der Waals surface area contributed by atoms with Gasteiger partial charge in [0.2, 0.25) is 0 Å². The third-order valence-electron chi connectivity index (χ3n) is 9.90. The number of ether oxygens (including phenoxy) is 1. The first-order chi connectivity index (χ1) is 21.2. The van der Waals surface area contributed by atoms with Gasteiger partial charge < -0.3 is 15.4 Å². The largest absolute Gasteiger partial charge is 0.461 e. The number of rotatable bonds is 5. The van der Waals surface area contributed by atoms with Crippen LogP contribution in [-0.2, 0) is 0 Å². The lowest BCUT2D eigenvalue weighted by atomic mass is 9.93. The standard InChI is InChI=1S/C33H35ClF2N6OS/c1-18-7-4-3-5-12-42(18)31-22-13-24(34)26(21-8-9-25(36)29-27(21)23(15-37)30(38)44-29)19(2)28(22)39-32(40-31)43-17-33-10-6-11-41(33)16-20(35)14-33/h8-9,13,18,20H,3-7,10-12,14,16-17,38H2,1-2H3/t18-,20+,33-/m0/s1. The Labute approximate surface area is 264 Å². The lowest BCUT2D eigenvalue weighted by molar-refractivity contribution is 0.107. The molecule has 3 aliphatic heterocycles. The first kappa shape index (κ1) is 29.5. The number of halogens is 3. The molecule has 0 amide bonds. The molecule has 0 bridgehead atoms. The summed E-state index contributed by atoms with van der Waals surface area (Å²) in [5.74, 6) is 0.336. The highest BCUT2D eigenvalue weighted by molar-refractivity contribution is 7.23. The molecule has 2 aromatic carbocycles. The van der Waals surface area contributed by atoms with Gasteiger partial charge in [-0.05, 0) is 69.3 Å². The second-order valence-corrected chi connectivity index (χ2v) is 14.1. The van der Waals surface area contributed by atoms with Crippen molar-refractivity contribution < 1.29 is 13.5 Å². The quantitative estimate of drug-likeness (QED) is 0.239. The Kier molecular flexibility index (Phi) is 7.54. The Morgan fingerprint density at radius 3 is 2.89 bits per heavy atom. The van der Waals surface area contributed by atoms with Crippen molar-refractivity contribution in [2.24, 2.45) is 0 Å². The number of thiophene rings is 1. The fraction of sp³-hybridized carbons (Fsp3) is 0.485. The van der Waals surface area contributed by atoms with E-state index in [1.54, 1.807) is 6.07 Å². The summed E-state index contributed by atoms with van der Waals surface area (Å²) >= 11 is 8.13. The summed E-state index contributed by atoms with van der Waals surface area (Å²) in [6.07, 6.45) is 5.93. The van der Waals surface area contributed by atoms with Crippen molar-refractivity contribution in [2.45, 2.75) is 76.5 Å². The fourth-order valence-electron chi connectivity index (χ4n) is 7.71. The van der Waals surface area contributed by atoms with Crippen LogP contribution in [-0.4, -0.2) is 58.9 Å². The van der Waals surface area contributed by atoms with Crippen LogP contribution in [0.2, 0.25) is 5.02 Å². The number of nitrogen functional groups attached to an aromatic ring is 1. The zero-order chi connectivity index (χ0) is 30.7. The smallest absolute Gasteiger partial charge is 0.319 e. The van der Waals surface area contributed by atoms with E-state index < -0.39 is 12.0 Å². The van der Waals surface area contributed by atoms with Gasteiger partial charge in [0.25, 0.3) is 0 Å². The van der Waals surface area contributed by atoms with Crippen LogP contribution in [0.15, 0.2) is 18.2 Å². The number of hydrogen-bond acceptors (Lipinski definition) is 8. The van der Waals surface area contributed by atoms with Crippen molar-refractivity contribution in [1.82, 2.24) is 14.9 Å². The second-order valence-electron chi connectivity index (χ2n) is 12.6. The number of alkyl halides is 1. The van der Waals surface area contributed by atoms with E-state index in [0.29, 0.717) is 51.3 Å². The van der Waals surface area contributed by atoms with Crippen LogP contribution >= 0.6 is 22.9 Å².